The van der Waals surface area contributed by atoms with E-state index in [9.17, 15) is 4.79 Å². The van der Waals surface area contributed by atoms with E-state index in [0.29, 0.717) is 19.1 Å². The smallest absolute Gasteiger partial charge is 0.251 e. The Bertz CT molecular complexity index is 730. The highest BCUT2D eigenvalue weighted by Gasteiger charge is 2.27. The summed E-state index contributed by atoms with van der Waals surface area (Å²) in [4.78, 5) is 29.2. The number of amides is 1. The van der Waals surface area contributed by atoms with Crippen LogP contribution in [0.1, 0.15) is 18.5 Å². The molecule has 0 spiro atoms. The highest BCUT2D eigenvalue weighted by molar-refractivity contribution is 5.81. The molecule has 0 aromatic carbocycles. The summed E-state index contributed by atoms with van der Waals surface area (Å²) in [5.41, 5.74) is 2.69. The first-order chi connectivity index (χ1) is 12.1. The minimum absolute atomic E-state index is 0.00296. The van der Waals surface area contributed by atoms with Crippen molar-refractivity contribution < 1.29 is 9.53 Å². The molecule has 25 heavy (non-hydrogen) atoms. The van der Waals surface area contributed by atoms with Gasteiger partial charge in [-0.3, -0.25) is 9.78 Å². The zero-order valence-corrected chi connectivity index (χ0v) is 14.8. The van der Waals surface area contributed by atoms with Crippen molar-refractivity contribution in [2.75, 3.05) is 32.6 Å². The molecule has 1 aliphatic rings. The molecule has 7 heteroatoms. The van der Waals surface area contributed by atoms with Gasteiger partial charge in [-0.2, -0.15) is 0 Å². The Balaban J connectivity index is 1.89. The summed E-state index contributed by atoms with van der Waals surface area (Å²) in [6, 6.07) is 3.83. The molecule has 0 aliphatic carbocycles. The van der Waals surface area contributed by atoms with Gasteiger partial charge in [-0.15, -0.1) is 0 Å². The Hall–Kier alpha value is -2.54. The summed E-state index contributed by atoms with van der Waals surface area (Å²) in [5.74, 6) is 0.619. The van der Waals surface area contributed by atoms with Crippen LogP contribution in [0.4, 0.5) is 5.95 Å². The third-order valence-electron chi connectivity index (χ3n) is 4.21. The fourth-order valence-corrected chi connectivity index (χ4v) is 2.84. The van der Waals surface area contributed by atoms with Crippen molar-refractivity contribution >= 4 is 11.9 Å². The lowest BCUT2D eigenvalue weighted by Gasteiger charge is -2.22. The van der Waals surface area contributed by atoms with E-state index in [0.717, 1.165) is 29.7 Å². The zero-order valence-electron chi connectivity index (χ0n) is 14.8. The summed E-state index contributed by atoms with van der Waals surface area (Å²) in [5, 5.41) is 0. The maximum absolute atomic E-state index is 12.6. The second-order valence-corrected chi connectivity index (χ2v) is 6.36. The number of carbonyl (C=O) groups excluding carboxylic acids is 1. The Morgan fingerprint density at radius 2 is 2.04 bits per heavy atom. The van der Waals surface area contributed by atoms with E-state index in [-0.39, 0.29) is 12.0 Å². The van der Waals surface area contributed by atoms with E-state index in [1.165, 1.54) is 0 Å². The lowest BCUT2D eigenvalue weighted by atomic mass is 10.1. The first-order valence-corrected chi connectivity index (χ1v) is 8.36. The Morgan fingerprint density at radius 1 is 1.28 bits per heavy atom. The molecular weight excluding hydrogens is 318 g/mol. The number of hydrogen-bond donors (Lipinski definition) is 0. The molecule has 1 unspecified atom stereocenters. The molecule has 3 rings (SSSR count). The fraction of sp³-hybridized carbons (Fsp3) is 0.444. The van der Waals surface area contributed by atoms with Crippen LogP contribution in [0.3, 0.4) is 0 Å². The number of likely N-dealkylation sites (N-methyl/N-ethyl adjacent to an activating group) is 1. The van der Waals surface area contributed by atoms with E-state index in [4.69, 9.17) is 4.74 Å². The largest absolute Gasteiger partial charge is 0.368 e. The molecular formula is C18H23N5O2. The van der Waals surface area contributed by atoms with Gasteiger partial charge in [-0.05, 0) is 30.5 Å². The molecule has 2 aromatic heterocycles. The normalized spacial score (nSPS) is 16.7. The summed E-state index contributed by atoms with van der Waals surface area (Å²) in [6.45, 7) is 1.06. The van der Waals surface area contributed by atoms with Crippen LogP contribution in [0.2, 0.25) is 0 Å². The maximum Gasteiger partial charge on any atom is 0.251 e. The van der Waals surface area contributed by atoms with Gasteiger partial charge in [0.25, 0.3) is 5.91 Å². The van der Waals surface area contributed by atoms with E-state index in [1.807, 2.05) is 31.1 Å². The van der Waals surface area contributed by atoms with Crippen LogP contribution in [0.25, 0.3) is 11.1 Å². The first kappa shape index (κ1) is 17.3. The highest BCUT2D eigenvalue weighted by atomic mass is 16.5. The third-order valence-corrected chi connectivity index (χ3v) is 4.21. The van der Waals surface area contributed by atoms with Crippen molar-refractivity contribution in [3.8, 4) is 11.1 Å². The van der Waals surface area contributed by atoms with Crippen molar-refractivity contribution in [3.05, 3.63) is 36.4 Å². The molecule has 0 saturated carbocycles. The third kappa shape index (κ3) is 3.93. The van der Waals surface area contributed by atoms with E-state index >= 15 is 0 Å². The number of nitrogens with zero attached hydrogens (tertiary/aromatic N) is 5. The van der Waals surface area contributed by atoms with Crippen molar-refractivity contribution in [1.82, 2.24) is 19.9 Å². The molecule has 1 saturated heterocycles. The second-order valence-electron chi connectivity index (χ2n) is 6.36. The molecule has 1 aliphatic heterocycles. The molecule has 0 radical (unpaired) electrons. The van der Waals surface area contributed by atoms with Gasteiger partial charge in [0.15, 0.2) is 0 Å². The first-order valence-electron chi connectivity index (χ1n) is 8.36. The molecule has 1 fully saturated rings. The second kappa shape index (κ2) is 7.57. The van der Waals surface area contributed by atoms with Crippen molar-refractivity contribution in [2.45, 2.75) is 25.5 Å². The number of ether oxygens (including phenoxy) is 1. The quantitative estimate of drug-likeness (QED) is 0.825. The van der Waals surface area contributed by atoms with Crippen LogP contribution in [0, 0.1) is 0 Å². The van der Waals surface area contributed by atoms with Gasteiger partial charge >= 0.3 is 0 Å². The standard InChI is InChI=1S/C18H23N5O2/c1-22(2)18-20-11-14(13-6-8-19-9-7-13)15(21-18)12-23(3)17(24)16-5-4-10-25-16/h6-9,11,16H,4-5,10,12H2,1-3H3. The number of aromatic nitrogens is 3. The lowest BCUT2D eigenvalue weighted by Crippen LogP contribution is -2.36. The molecule has 132 valence electrons. The highest BCUT2D eigenvalue weighted by Crippen LogP contribution is 2.24. The van der Waals surface area contributed by atoms with Gasteiger partial charge in [-0.25, -0.2) is 9.97 Å². The van der Waals surface area contributed by atoms with Gasteiger partial charge < -0.3 is 14.5 Å². The monoisotopic (exact) mass is 341 g/mol. The number of anilines is 1. The SMILES string of the molecule is CN(Cc1nc(N(C)C)ncc1-c1ccncc1)C(=O)C1CCCO1. The molecule has 0 N–H and O–H groups in total. The lowest BCUT2D eigenvalue weighted by molar-refractivity contribution is -0.140. The topological polar surface area (TPSA) is 71.5 Å². The molecule has 3 heterocycles. The molecule has 0 bridgehead atoms. The number of pyridine rings is 1. The summed E-state index contributed by atoms with van der Waals surface area (Å²) < 4.78 is 5.51. The Morgan fingerprint density at radius 3 is 2.68 bits per heavy atom. The minimum atomic E-state index is -0.329. The summed E-state index contributed by atoms with van der Waals surface area (Å²) in [7, 11) is 5.58. The van der Waals surface area contributed by atoms with Gasteiger partial charge in [-0.1, -0.05) is 0 Å². The Labute approximate surface area is 147 Å². The van der Waals surface area contributed by atoms with Crippen LogP contribution in [0.5, 0.6) is 0 Å². The predicted molar refractivity (Wildman–Crippen MR) is 95.0 cm³/mol. The zero-order chi connectivity index (χ0) is 17.8. The molecule has 7 nitrogen and oxygen atoms in total. The van der Waals surface area contributed by atoms with Crippen molar-refractivity contribution in [1.29, 1.82) is 0 Å². The number of carbonyl (C=O) groups is 1. The van der Waals surface area contributed by atoms with Gasteiger partial charge in [0.2, 0.25) is 5.95 Å². The van der Waals surface area contributed by atoms with Crippen LogP contribution >= 0.6 is 0 Å². The average molecular weight is 341 g/mol. The maximum atomic E-state index is 12.6. The van der Waals surface area contributed by atoms with E-state index in [1.54, 1.807) is 30.5 Å². The van der Waals surface area contributed by atoms with Crippen LogP contribution in [0.15, 0.2) is 30.7 Å². The predicted octanol–water partition coefficient (Wildman–Crippen LogP) is 1.74. The van der Waals surface area contributed by atoms with Crippen LogP contribution < -0.4 is 4.90 Å². The van der Waals surface area contributed by atoms with Crippen LogP contribution in [-0.4, -0.2) is 59.6 Å². The van der Waals surface area contributed by atoms with Crippen LogP contribution in [-0.2, 0) is 16.1 Å². The van der Waals surface area contributed by atoms with Gasteiger partial charge in [0, 0.05) is 51.9 Å². The fourth-order valence-electron chi connectivity index (χ4n) is 2.84. The van der Waals surface area contributed by atoms with Gasteiger partial charge in [0.05, 0.1) is 12.2 Å². The number of rotatable bonds is 5. The van der Waals surface area contributed by atoms with E-state index in [2.05, 4.69) is 15.0 Å². The number of hydrogen-bond acceptors (Lipinski definition) is 6. The molecule has 2 aromatic rings. The summed E-state index contributed by atoms with van der Waals surface area (Å²) >= 11 is 0. The molecule has 1 amide bonds. The van der Waals surface area contributed by atoms with E-state index < -0.39 is 0 Å². The van der Waals surface area contributed by atoms with Gasteiger partial charge in [0.1, 0.15) is 6.10 Å². The minimum Gasteiger partial charge on any atom is -0.368 e. The summed E-state index contributed by atoms with van der Waals surface area (Å²) in [6.07, 6.45) is 6.67. The van der Waals surface area contributed by atoms with Crippen molar-refractivity contribution in [3.63, 3.8) is 0 Å². The average Bonchev–Trinajstić information content (AvgIpc) is 3.16. The Kier molecular flexibility index (Phi) is 5.23. The van der Waals surface area contributed by atoms with Crippen molar-refractivity contribution in [2.24, 2.45) is 0 Å². The molecule has 1 atom stereocenters.